The first-order chi connectivity index (χ1) is 16.5. The van der Waals surface area contributed by atoms with Gasteiger partial charge in [0, 0.05) is 11.1 Å². The average Bonchev–Trinajstić information content (AvgIpc) is 3.27. The first kappa shape index (κ1) is 24.2. The van der Waals surface area contributed by atoms with Gasteiger partial charge >= 0.3 is 6.18 Å². The van der Waals surface area contributed by atoms with Crippen molar-refractivity contribution in [1.82, 2.24) is 9.78 Å². The number of hydrogen-bond donors (Lipinski definition) is 0. The van der Waals surface area contributed by atoms with Crippen molar-refractivity contribution in [3.63, 3.8) is 0 Å². The normalized spacial score (nSPS) is 15.5. The third-order valence-corrected chi connectivity index (χ3v) is 6.28. The predicted octanol–water partition coefficient (Wildman–Crippen LogP) is 4.95. The lowest BCUT2D eigenvalue weighted by molar-refractivity contribution is -0.138. The van der Waals surface area contributed by atoms with Crippen LogP contribution in [0.5, 0.6) is 0 Å². The summed E-state index contributed by atoms with van der Waals surface area (Å²) in [5.74, 6) is -0.478. The van der Waals surface area contributed by atoms with Crippen LogP contribution in [0.15, 0.2) is 42.6 Å². The zero-order valence-electron chi connectivity index (χ0n) is 18.8. The molecule has 2 aromatic carbocycles. The Morgan fingerprint density at radius 3 is 2.46 bits per heavy atom. The van der Waals surface area contributed by atoms with Gasteiger partial charge in [0.15, 0.2) is 5.11 Å². The van der Waals surface area contributed by atoms with Gasteiger partial charge in [-0.25, -0.2) is 0 Å². The number of nitriles is 2. The molecular weight excluding hydrogens is 477 g/mol. The molecule has 3 aromatic rings. The maximum atomic E-state index is 13.7. The number of anilines is 2. The minimum Gasteiger partial charge on any atom is -0.304 e. The number of hydrogen-bond acceptors (Lipinski definition) is 5. The molecule has 0 aliphatic carbocycles. The molecule has 0 spiro atoms. The van der Waals surface area contributed by atoms with Crippen LogP contribution in [0.3, 0.4) is 0 Å². The van der Waals surface area contributed by atoms with Crippen molar-refractivity contribution in [3.05, 3.63) is 53.7 Å². The molecule has 0 radical (unpaired) electrons. The average molecular weight is 497 g/mol. The van der Waals surface area contributed by atoms with Crippen LogP contribution in [-0.2, 0) is 23.9 Å². The van der Waals surface area contributed by atoms with E-state index in [1.807, 2.05) is 0 Å². The molecule has 7 nitrogen and oxygen atoms in total. The second-order valence-corrected chi connectivity index (χ2v) is 8.88. The van der Waals surface area contributed by atoms with E-state index in [1.165, 1.54) is 12.1 Å². The van der Waals surface area contributed by atoms with Crippen molar-refractivity contribution < 1.29 is 18.0 Å². The zero-order valence-corrected chi connectivity index (χ0v) is 19.6. The first-order valence-corrected chi connectivity index (χ1v) is 11.0. The zero-order chi connectivity index (χ0) is 25.5. The van der Waals surface area contributed by atoms with Crippen molar-refractivity contribution in [2.75, 3.05) is 9.80 Å². The second-order valence-electron chi connectivity index (χ2n) is 8.51. The Kier molecular flexibility index (Phi) is 5.99. The van der Waals surface area contributed by atoms with Crippen molar-refractivity contribution in [2.24, 2.45) is 0 Å². The van der Waals surface area contributed by atoms with E-state index in [0.29, 0.717) is 18.7 Å². The largest absolute Gasteiger partial charge is 0.416 e. The van der Waals surface area contributed by atoms with Crippen LogP contribution in [0.25, 0.3) is 10.9 Å². The number of thiocarbonyl (C=S) groups is 1. The molecular formula is C24H19F3N6OS. The summed E-state index contributed by atoms with van der Waals surface area (Å²) in [4.78, 5) is 16.1. The summed E-state index contributed by atoms with van der Waals surface area (Å²) in [5, 5.41) is 22.8. The van der Waals surface area contributed by atoms with Crippen molar-refractivity contribution >= 4 is 45.5 Å². The van der Waals surface area contributed by atoms with E-state index in [2.05, 4.69) is 11.2 Å². The van der Waals surface area contributed by atoms with Gasteiger partial charge in [-0.1, -0.05) is 6.07 Å². The molecule has 1 saturated heterocycles. The summed E-state index contributed by atoms with van der Waals surface area (Å²) in [6.45, 7) is 3.73. The number of aromatic nitrogens is 2. The van der Waals surface area contributed by atoms with E-state index >= 15 is 0 Å². The third kappa shape index (κ3) is 4.08. The fourth-order valence-electron chi connectivity index (χ4n) is 4.21. The molecule has 0 bridgehead atoms. The fourth-order valence-corrected chi connectivity index (χ4v) is 4.73. The Morgan fingerprint density at radius 2 is 1.80 bits per heavy atom. The number of nitrogens with zero attached hydrogens (tertiary/aromatic N) is 6. The van der Waals surface area contributed by atoms with Gasteiger partial charge in [-0.2, -0.15) is 28.8 Å². The van der Waals surface area contributed by atoms with E-state index < -0.39 is 29.6 Å². The van der Waals surface area contributed by atoms with Gasteiger partial charge in [0.1, 0.15) is 5.54 Å². The van der Waals surface area contributed by atoms with E-state index in [0.717, 1.165) is 21.9 Å². The molecule has 1 aliphatic rings. The Hall–Kier alpha value is -3.96. The molecule has 4 rings (SSSR count). The molecule has 2 heterocycles. The third-order valence-electron chi connectivity index (χ3n) is 5.91. The van der Waals surface area contributed by atoms with Gasteiger partial charge in [-0.05, 0) is 62.0 Å². The molecule has 0 atom stereocenters. The highest BCUT2D eigenvalue weighted by Crippen LogP contribution is 2.40. The molecule has 1 amide bonds. The van der Waals surface area contributed by atoms with Crippen molar-refractivity contribution in [1.29, 1.82) is 10.5 Å². The van der Waals surface area contributed by atoms with Gasteiger partial charge < -0.3 is 4.90 Å². The Labute approximate surface area is 204 Å². The number of fused-ring (bicyclic) bond motifs is 1. The number of halogens is 3. The van der Waals surface area contributed by atoms with E-state index in [9.17, 15) is 18.0 Å². The predicted molar refractivity (Wildman–Crippen MR) is 127 cm³/mol. The lowest BCUT2D eigenvalue weighted by Gasteiger charge is -2.29. The standard InChI is InChI=1S/C24H19F3N6OS/c1-23(2)21(34)32(17-5-4-15(8-10-29)19(13-17)24(25,26)27)22(35)33(23)18-6-7-20-16(12-18)14-30-31(20)11-3-9-28/h4-7,12-14H,3,8,11H2,1-2H3. The number of carbonyl (C=O) groups is 1. The summed E-state index contributed by atoms with van der Waals surface area (Å²) in [6.07, 6.45) is -3.16. The Bertz CT molecular complexity index is 1430. The van der Waals surface area contributed by atoms with E-state index in [1.54, 1.807) is 53.9 Å². The summed E-state index contributed by atoms with van der Waals surface area (Å²) < 4.78 is 42.7. The van der Waals surface area contributed by atoms with E-state index in [-0.39, 0.29) is 16.4 Å². The molecule has 35 heavy (non-hydrogen) atoms. The first-order valence-electron chi connectivity index (χ1n) is 10.6. The molecule has 1 aliphatic heterocycles. The molecule has 0 N–H and O–H groups in total. The van der Waals surface area contributed by atoms with Crippen LogP contribution in [0.4, 0.5) is 24.5 Å². The summed E-state index contributed by atoms with van der Waals surface area (Å²) >= 11 is 5.60. The maximum Gasteiger partial charge on any atom is 0.416 e. The van der Waals surface area contributed by atoms with Crippen LogP contribution >= 0.6 is 12.2 Å². The fraction of sp³-hybridized carbons (Fsp3) is 0.292. The molecule has 178 valence electrons. The minimum atomic E-state index is -4.70. The van der Waals surface area contributed by atoms with Crippen LogP contribution in [0.2, 0.25) is 0 Å². The highest BCUT2D eigenvalue weighted by molar-refractivity contribution is 7.81. The van der Waals surface area contributed by atoms with Crippen LogP contribution in [0.1, 0.15) is 31.4 Å². The topological polar surface area (TPSA) is 88.9 Å². The summed E-state index contributed by atoms with van der Waals surface area (Å²) in [6, 6.07) is 12.6. The lowest BCUT2D eigenvalue weighted by atomic mass is 10.0. The van der Waals surface area contributed by atoms with Gasteiger partial charge in [0.25, 0.3) is 5.91 Å². The summed E-state index contributed by atoms with van der Waals surface area (Å²) in [5.41, 5.74) is -0.954. The van der Waals surface area contributed by atoms with Crippen molar-refractivity contribution in [2.45, 2.75) is 44.9 Å². The van der Waals surface area contributed by atoms with Crippen LogP contribution < -0.4 is 9.80 Å². The highest BCUT2D eigenvalue weighted by atomic mass is 32.1. The highest BCUT2D eigenvalue weighted by Gasteiger charge is 2.50. The monoisotopic (exact) mass is 496 g/mol. The lowest BCUT2D eigenvalue weighted by Crippen LogP contribution is -2.44. The molecule has 0 unspecified atom stereocenters. The van der Waals surface area contributed by atoms with Gasteiger partial charge in [-0.3, -0.25) is 14.4 Å². The number of benzene rings is 2. The number of aryl methyl sites for hydroxylation is 1. The minimum absolute atomic E-state index is 0.0185. The van der Waals surface area contributed by atoms with Crippen molar-refractivity contribution in [3.8, 4) is 12.1 Å². The maximum absolute atomic E-state index is 13.7. The van der Waals surface area contributed by atoms with Crippen LogP contribution in [-0.4, -0.2) is 26.3 Å². The Morgan fingerprint density at radius 1 is 1.09 bits per heavy atom. The number of carbonyl (C=O) groups excluding carboxylic acids is 1. The number of amides is 1. The number of rotatable bonds is 5. The molecule has 1 fully saturated rings. The number of alkyl halides is 3. The molecule has 11 heteroatoms. The second kappa shape index (κ2) is 8.67. The smallest absolute Gasteiger partial charge is 0.304 e. The molecule has 0 saturated carbocycles. The molecule has 1 aromatic heterocycles. The van der Waals surface area contributed by atoms with Gasteiger partial charge in [-0.15, -0.1) is 0 Å². The SMILES string of the molecule is CC1(C)C(=O)N(c2ccc(CC#N)c(C(F)(F)F)c2)C(=S)N1c1ccc2c(cnn2CCC#N)c1. The van der Waals surface area contributed by atoms with Crippen LogP contribution in [0, 0.1) is 22.7 Å². The van der Waals surface area contributed by atoms with Gasteiger partial charge in [0.2, 0.25) is 0 Å². The summed E-state index contributed by atoms with van der Waals surface area (Å²) in [7, 11) is 0. The van der Waals surface area contributed by atoms with E-state index in [4.69, 9.17) is 22.7 Å². The Balaban J connectivity index is 1.76. The quantitative estimate of drug-likeness (QED) is 0.465. The van der Waals surface area contributed by atoms with Gasteiger partial charge in [0.05, 0.1) is 54.5 Å².